The highest BCUT2D eigenvalue weighted by Crippen LogP contribution is 2.30. The molecule has 1 aromatic heterocycles. The van der Waals surface area contributed by atoms with Gasteiger partial charge >= 0.3 is 0 Å². The number of para-hydroxylation sites is 2. The Hall–Kier alpha value is -3.12. The second-order valence-corrected chi connectivity index (χ2v) is 6.64. The van der Waals surface area contributed by atoms with E-state index in [-0.39, 0.29) is 11.6 Å². The van der Waals surface area contributed by atoms with Crippen LogP contribution in [0.1, 0.15) is 23.3 Å². The predicted octanol–water partition coefficient (Wildman–Crippen LogP) is 4.37. The maximum atomic E-state index is 12.6. The number of carbonyl (C=O) groups excluding carboxylic acids is 2. The number of hydrogen-bond acceptors (Lipinski definition) is 4. The van der Waals surface area contributed by atoms with Gasteiger partial charge in [0.1, 0.15) is 0 Å². The van der Waals surface area contributed by atoms with Crippen molar-refractivity contribution in [3.63, 3.8) is 0 Å². The molecule has 0 spiro atoms. The number of amides is 2. The Morgan fingerprint density at radius 3 is 2.67 bits per heavy atom. The molecular weight excluding hydrogens is 366 g/mol. The lowest BCUT2D eigenvalue weighted by atomic mass is 10.1. The number of rotatable bonds is 4. The van der Waals surface area contributed by atoms with Gasteiger partial charge in [0.2, 0.25) is 5.91 Å². The molecule has 27 heavy (non-hydrogen) atoms. The lowest BCUT2D eigenvalue weighted by Gasteiger charge is -2.19. The van der Waals surface area contributed by atoms with Crippen LogP contribution in [0.15, 0.2) is 59.1 Å². The molecule has 0 radical (unpaired) electrons. The normalized spacial score (nSPS) is 13.8. The van der Waals surface area contributed by atoms with Crippen molar-refractivity contribution in [3.05, 3.63) is 65.3 Å². The summed E-state index contributed by atoms with van der Waals surface area (Å²) in [6.45, 7) is 0.649. The summed E-state index contributed by atoms with van der Waals surface area (Å²) >= 11 is 5.89. The highest BCUT2D eigenvalue weighted by atomic mass is 35.5. The second-order valence-electron chi connectivity index (χ2n) is 6.20. The third kappa shape index (κ3) is 3.57. The summed E-state index contributed by atoms with van der Waals surface area (Å²) in [5, 5.41) is 7.29. The number of halogens is 1. The largest absolute Gasteiger partial charge is 0.355 e. The fraction of sp³-hybridized carbons (Fsp3) is 0.150. The number of benzene rings is 2. The van der Waals surface area contributed by atoms with Gasteiger partial charge in [0.25, 0.3) is 5.91 Å². The number of anilines is 2. The standard InChI is InChI=1S/C20H16ClN3O3/c21-14-9-7-13(8-10-14)18-12-16(23-27-18)20(26)22-15-4-1-2-5-17(15)24-11-3-6-19(24)25/h1-2,4-5,7-10,12H,3,6,11H2,(H,22,26). The van der Waals surface area contributed by atoms with E-state index in [0.717, 1.165) is 12.0 Å². The molecule has 2 heterocycles. The van der Waals surface area contributed by atoms with Gasteiger partial charge in [-0.2, -0.15) is 0 Å². The third-order valence-corrected chi connectivity index (χ3v) is 4.64. The summed E-state index contributed by atoms with van der Waals surface area (Å²) in [6.07, 6.45) is 1.34. The zero-order valence-electron chi connectivity index (χ0n) is 14.3. The first-order valence-electron chi connectivity index (χ1n) is 8.55. The van der Waals surface area contributed by atoms with E-state index in [1.165, 1.54) is 0 Å². The Balaban J connectivity index is 1.55. The first kappa shape index (κ1) is 17.3. The van der Waals surface area contributed by atoms with E-state index in [1.807, 2.05) is 18.2 Å². The molecule has 0 unspecified atom stereocenters. The number of carbonyl (C=O) groups is 2. The summed E-state index contributed by atoms with van der Waals surface area (Å²) in [5.41, 5.74) is 2.18. The molecule has 7 heteroatoms. The van der Waals surface area contributed by atoms with Crippen molar-refractivity contribution in [2.75, 3.05) is 16.8 Å². The SMILES string of the molecule is O=C(Nc1ccccc1N1CCCC1=O)c1cc(-c2ccc(Cl)cc2)on1. The van der Waals surface area contributed by atoms with Crippen LogP contribution in [-0.2, 0) is 4.79 Å². The van der Waals surface area contributed by atoms with Crippen molar-refractivity contribution < 1.29 is 14.1 Å². The summed E-state index contributed by atoms with van der Waals surface area (Å²) in [6, 6.07) is 15.9. The highest BCUT2D eigenvalue weighted by Gasteiger charge is 2.24. The lowest BCUT2D eigenvalue weighted by Crippen LogP contribution is -2.25. The molecule has 136 valence electrons. The Labute approximate surface area is 160 Å². The molecule has 6 nitrogen and oxygen atoms in total. The van der Waals surface area contributed by atoms with Gasteiger partial charge in [0, 0.05) is 29.6 Å². The van der Waals surface area contributed by atoms with E-state index in [4.69, 9.17) is 16.1 Å². The summed E-state index contributed by atoms with van der Waals surface area (Å²) in [7, 11) is 0. The van der Waals surface area contributed by atoms with Crippen LogP contribution < -0.4 is 10.2 Å². The summed E-state index contributed by atoms with van der Waals surface area (Å²) in [5.74, 6) is 0.126. The maximum Gasteiger partial charge on any atom is 0.277 e. The molecule has 4 rings (SSSR count). The quantitative estimate of drug-likeness (QED) is 0.727. The van der Waals surface area contributed by atoms with E-state index in [9.17, 15) is 9.59 Å². The molecular formula is C20H16ClN3O3. The molecule has 1 N–H and O–H groups in total. The van der Waals surface area contributed by atoms with Crippen molar-refractivity contribution >= 4 is 34.8 Å². The lowest BCUT2D eigenvalue weighted by molar-refractivity contribution is -0.117. The smallest absolute Gasteiger partial charge is 0.277 e. The first-order valence-corrected chi connectivity index (χ1v) is 8.93. The van der Waals surface area contributed by atoms with Gasteiger partial charge < -0.3 is 14.7 Å². The number of hydrogen-bond donors (Lipinski definition) is 1. The summed E-state index contributed by atoms with van der Waals surface area (Å²) in [4.78, 5) is 26.3. The molecule has 1 saturated heterocycles. The van der Waals surface area contributed by atoms with E-state index in [0.29, 0.717) is 35.1 Å². The molecule has 1 fully saturated rings. The minimum atomic E-state index is -0.405. The molecule has 0 aliphatic carbocycles. The summed E-state index contributed by atoms with van der Waals surface area (Å²) < 4.78 is 5.28. The van der Waals surface area contributed by atoms with Crippen LogP contribution in [0.2, 0.25) is 5.02 Å². The van der Waals surface area contributed by atoms with Crippen molar-refractivity contribution in [2.45, 2.75) is 12.8 Å². The molecule has 2 aromatic carbocycles. The van der Waals surface area contributed by atoms with Gasteiger partial charge in [0.15, 0.2) is 11.5 Å². The van der Waals surface area contributed by atoms with Crippen LogP contribution in [0.25, 0.3) is 11.3 Å². The van der Waals surface area contributed by atoms with Gasteiger partial charge in [-0.25, -0.2) is 0 Å². The molecule has 0 atom stereocenters. The monoisotopic (exact) mass is 381 g/mol. The fourth-order valence-electron chi connectivity index (χ4n) is 3.04. The fourth-order valence-corrected chi connectivity index (χ4v) is 3.16. The van der Waals surface area contributed by atoms with Gasteiger partial charge in [-0.15, -0.1) is 0 Å². The number of nitrogens with one attached hydrogen (secondary N) is 1. The average molecular weight is 382 g/mol. The number of aromatic nitrogens is 1. The van der Waals surface area contributed by atoms with Crippen LogP contribution in [0.5, 0.6) is 0 Å². The van der Waals surface area contributed by atoms with Crippen molar-refractivity contribution in [3.8, 4) is 11.3 Å². The van der Waals surface area contributed by atoms with Crippen molar-refractivity contribution in [1.82, 2.24) is 5.16 Å². The highest BCUT2D eigenvalue weighted by molar-refractivity contribution is 6.30. The van der Waals surface area contributed by atoms with E-state index in [2.05, 4.69) is 10.5 Å². The molecule has 2 amide bonds. The second kappa shape index (κ2) is 7.25. The van der Waals surface area contributed by atoms with E-state index >= 15 is 0 Å². The topological polar surface area (TPSA) is 75.4 Å². The Morgan fingerprint density at radius 2 is 1.93 bits per heavy atom. The minimum absolute atomic E-state index is 0.0585. The molecule has 0 saturated carbocycles. The molecule has 3 aromatic rings. The van der Waals surface area contributed by atoms with Crippen LogP contribution in [0.4, 0.5) is 11.4 Å². The predicted molar refractivity (Wildman–Crippen MR) is 103 cm³/mol. The van der Waals surface area contributed by atoms with Gasteiger partial charge in [0.05, 0.1) is 11.4 Å². The van der Waals surface area contributed by atoms with Crippen molar-refractivity contribution in [1.29, 1.82) is 0 Å². The Morgan fingerprint density at radius 1 is 1.15 bits per heavy atom. The Kier molecular flexibility index (Phi) is 4.64. The van der Waals surface area contributed by atoms with Crippen LogP contribution in [0.3, 0.4) is 0 Å². The Bertz CT molecular complexity index is 998. The van der Waals surface area contributed by atoms with Crippen molar-refractivity contribution in [2.24, 2.45) is 0 Å². The van der Waals surface area contributed by atoms with Crippen LogP contribution in [0, 0.1) is 0 Å². The maximum absolute atomic E-state index is 12.6. The molecule has 1 aliphatic rings. The van der Waals surface area contributed by atoms with E-state index < -0.39 is 5.91 Å². The van der Waals surface area contributed by atoms with E-state index in [1.54, 1.807) is 41.3 Å². The average Bonchev–Trinajstić information content (AvgIpc) is 3.32. The van der Waals surface area contributed by atoms with Gasteiger partial charge in [-0.3, -0.25) is 9.59 Å². The van der Waals surface area contributed by atoms with Crippen LogP contribution in [-0.4, -0.2) is 23.5 Å². The van der Waals surface area contributed by atoms with Gasteiger partial charge in [-0.1, -0.05) is 28.9 Å². The number of nitrogens with zero attached hydrogens (tertiary/aromatic N) is 2. The zero-order valence-corrected chi connectivity index (χ0v) is 15.1. The zero-order chi connectivity index (χ0) is 18.8. The minimum Gasteiger partial charge on any atom is -0.355 e. The molecule has 0 bridgehead atoms. The van der Waals surface area contributed by atoms with Crippen LogP contribution >= 0.6 is 11.6 Å². The first-order chi connectivity index (χ1) is 13.1. The third-order valence-electron chi connectivity index (χ3n) is 4.39. The molecule has 1 aliphatic heterocycles. The van der Waals surface area contributed by atoms with Gasteiger partial charge in [-0.05, 0) is 42.8 Å².